The smallest absolute Gasteiger partial charge is 0.335 e. The molecule has 9 nitrogen and oxygen atoms in total. The van der Waals surface area contributed by atoms with Crippen molar-refractivity contribution in [2.45, 2.75) is 57.5 Å². The predicted octanol–water partition coefficient (Wildman–Crippen LogP) is 8.40. The van der Waals surface area contributed by atoms with Crippen LogP contribution in [0.4, 0.5) is 15.8 Å². The molecule has 5 aromatic rings. The van der Waals surface area contributed by atoms with Crippen LogP contribution in [0.2, 0.25) is 10.0 Å². The molecule has 1 saturated heterocycles. The highest BCUT2D eigenvalue weighted by molar-refractivity contribution is 6.35. The summed E-state index contributed by atoms with van der Waals surface area (Å²) in [7, 11) is 0. The van der Waals surface area contributed by atoms with Gasteiger partial charge in [0.1, 0.15) is 11.9 Å². The first-order chi connectivity index (χ1) is 22.9. The third kappa shape index (κ3) is 6.99. The Hall–Kier alpha value is -4.56. The summed E-state index contributed by atoms with van der Waals surface area (Å²) in [6.07, 6.45) is 5.70. The van der Waals surface area contributed by atoms with E-state index >= 15 is 0 Å². The summed E-state index contributed by atoms with van der Waals surface area (Å²) in [5.41, 5.74) is 4.23. The molecule has 1 atom stereocenters. The Labute approximate surface area is 287 Å². The number of hydrogen-bond donors (Lipinski definition) is 2. The zero-order valence-electron chi connectivity index (χ0n) is 26.7. The number of rotatable bonds is 8. The van der Waals surface area contributed by atoms with Crippen LogP contribution in [-0.4, -0.2) is 54.6 Å². The maximum absolute atomic E-state index is 13.9. The molecule has 1 fully saturated rings. The van der Waals surface area contributed by atoms with Crippen molar-refractivity contribution in [2.24, 2.45) is 0 Å². The van der Waals surface area contributed by atoms with Crippen molar-refractivity contribution in [3.63, 3.8) is 0 Å². The fourth-order valence-electron chi connectivity index (χ4n) is 6.32. The van der Waals surface area contributed by atoms with Gasteiger partial charge in [-0.05, 0) is 93.6 Å². The molecule has 0 aliphatic carbocycles. The average molecular weight is 687 g/mol. The standard InChI is InChI=1S/C36H34Cl2FN7O2/c1-36(2,3)45-11-9-26(10-12-45)46-20-32(43-44-46)27(22-5-4-6-23(16-22)35(47)48)13-21-14-28-33(42-25-7-8-31(39)29(37)17-25)24(18-40)19-41-34(28)30(38)15-21/h4-8,14-17,19-20,26-27H,9-13H2,1-3H3,(H,41,42)(H,47,48)/t27-/m0/s1. The SMILES string of the molecule is CC(C)(C)N1CCC(n2cc([C@@H](Cc3cc(Cl)c4ncc(C#N)c(Nc5ccc(F)c(Cl)c5)c4c3)c3cccc(C(=O)O)c3)nn2)CC1. The van der Waals surface area contributed by atoms with Crippen LogP contribution in [0.1, 0.15) is 78.3 Å². The number of halogens is 3. The van der Waals surface area contributed by atoms with Gasteiger partial charge in [0.25, 0.3) is 0 Å². The number of carboxylic acid groups (broad SMARTS) is 1. The van der Waals surface area contributed by atoms with Crippen LogP contribution in [0.25, 0.3) is 10.9 Å². The van der Waals surface area contributed by atoms with E-state index in [1.165, 1.54) is 24.4 Å². The molecule has 1 aliphatic heterocycles. The number of pyridine rings is 1. The number of aromatic carboxylic acids is 1. The molecule has 2 N–H and O–H groups in total. The highest BCUT2D eigenvalue weighted by Crippen LogP contribution is 2.37. The van der Waals surface area contributed by atoms with Crippen molar-refractivity contribution < 1.29 is 14.3 Å². The lowest BCUT2D eigenvalue weighted by molar-refractivity contribution is 0.0696. The predicted molar refractivity (Wildman–Crippen MR) is 185 cm³/mol. The molecule has 246 valence electrons. The van der Waals surface area contributed by atoms with Crippen molar-refractivity contribution in [1.29, 1.82) is 5.26 Å². The molecule has 0 amide bonds. The number of piperidine rings is 1. The van der Waals surface area contributed by atoms with E-state index < -0.39 is 11.8 Å². The lowest BCUT2D eigenvalue weighted by atomic mass is 9.88. The molecule has 0 radical (unpaired) electrons. The third-order valence-corrected chi connectivity index (χ3v) is 9.52. The van der Waals surface area contributed by atoms with Crippen molar-refractivity contribution in [1.82, 2.24) is 24.9 Å². The molecule has 0 saturated carbocycles. The molecular weight excluding hydrogens is 652 g/mol. The van der Waals surface area contributed by atoms with Gasteiger partial charge in [0.15, 0.2) is 0 Å². The van der Waals surface area contributed by atoms with E-state index in [1.54, 1.807) is 18.2 Å². The van der Waals surface area contributed by atoms with Gasteiger partial charge < -0.3 is 10.4 Å². The van der Waals surface area contributed by atoms with Crippen LogP contribution < -0.4 is 5.32 Å². The van der Waals surface area contributed by atoms with Crippen molar-refractivity contribution >= 4 is 51.4 Å². The summed E-state index contributed by atoms with van der Waals surface area (Å²) < 4.78 is 15.8. The normalized spacial score (nSPS) is 14.9. The van der Waals surface area contributed by atoms with Crippen molar-refractivity contribution in [3.05, 3.63) is 111 Å². The number of likely N-dealkylation sites (tertiary alicyclic amines) is 1. The monoisotopic (exact) mass is 685 g/mol. The zero-order valence-corrected chi connectivity index (χ0v) is 28.2. The average Bonchev–Trinajstić information content (AvgIpc) is 3.55. The van der Waals surface area contributed by atoms with Crippen LogP contribution >= 0.6 is 23.2 Å². The van der Waals surface area contributed by atoms with E-state index in [9.17, 15) is 19.6 Å². The molecule has 2 aromatic heterocycles. The lowest BCUT2D eigenvalue weighted by Crippen LogP contribution is -2.46. The number of carboxylic acids is 1. The zero-order chi connectivity index (χ0) is 34.2. The Morgan fingerprint density at radius 1 is 1.12 bits per heavy atom. The molecule has 0 bridgehead atoms. The van der Waals surface area contributed by atoms with Gasteiger partial charge in [0.2, 0.25) is 0 Å². The maximum atomic E-state index is 13.9. The Morgan fingerprint density at radius 3 is 2.58 bits per heavy atom. The molecule has 6 rings (SSSR count). The minimum atomic E-state index is -1.02. The van der Waals surface area contributed by atoms with Crippen LogP contribution in [0.3, 0.4) is 0 Å². The summed E-state index contributed by atoms with van der Waals surface area (Å²) in [6, 6.07) is 17.2. The van der Waals surface area contributed by atoms with Gasteiger partial charge in [-0.2, -0.15) is 5.26 Å². The van der Waals surface area contributed by atoms with E-state index in [1.807, 2.05) is 29.1 Å². The second-order valence-corrected chi connectivity index (χ2v) is 13.9. The summed E-state index contributed by atoms with van der Waals surface area (Å²) in [5.74, 6) is -1.94. The van der Waals surface area contributed by atoms with Crippen LogP contribution in [0.15, 0.2) is 67.0 Å². The first-order valence-corrected chi connectivity index (χ1v) is 16.4. The topological polar surface area (TPSA) is 120 Å². The number of aromatic nitrogens is 4. The number of nitrogens with zero attached hydrogens (tertiary/aromatic N) is 6. The van der Waals surface area contributed by atoms with Gasteiger partial charge in [0.05, 0.1) is 44.1 Å². The van der Waals surface area contributed by atoms with E-state index in [4.69, 9.17) is 23.2 Å². The van der Waals surface area contributed by atoms with E-state index in [-0.39, 0.29) is 33.6 Å². The quantitative estimate of drug-likeness (QED) is 0.167. The minimum absolute atomic E-state index is 0.0603. The number of benzene rings is 3. The first kappa shape index (κ1) is 33.3. The summed E-state index contributed by atoms with van der Waals surface area (Å²) in [5, 5.41) is 33.0. The van der Waals surface area contributed by atoms with E-state index in [2.05, 4.69) is 52.4 Å². The largest absolute Gasteiger partial charge is 0.478 e. The fraction of sp³-hybridized carbons (Fsp3) is 0.306. The molecule has 1 aliphatic rings. The van der Waals surface area contributed by atoms with Gasteiger partial charge >= 0.3 is 5.97 Å². The number of anilines is 2. The van der Waals surface area contributed by atoms with Crippen molar-refractivity contribution in [3.8, 4) is 6.07 Å². The van der Waals surface area contributed by atoms with Gasteiger partial charge in [0, 0.05) is 48.0 Å². The minimum Gasteiger partial charge on any atom is -0.478 e. The number of carbonyl (C=O) groups is 1. The van der Waals surface area contributed by atoms with Gasteiger partial charge in [-0.1, -0.05) is 40.5 Å². The highest BCUT2D eigenvalue weighted by atomic mass is 35.5. The maximum Gasteiger partial charge on any atom is 0.335 e. The Morgan fingerprint density at radius 2 is 1.90 bits per heavy atom. The van der Waals surface area contributed by atoms with Crippen molar-refractivity contribution in [2.75, 3.05) is 18.4 Å². The highest BCUT2D eigenvalue weighted by Gasteiger charge is 2.29. The second kappa shape index (κ2) is 13.5. The second-order valence-electron chi connectivity index (χ2n) is 13.1. The number of hydrogen-bond acceptors (Lipinski definition) is 7. The Bertz CT molecular complexity index is 2040. The van der Waals surface area contributed by atoms with Gasteiger partial charge in [-0.15, -0.1) is 5.10 Å². The number of fused-ring (bicyclic) bond motifs is 1. The van der Waals surface area contributed by atoms with E-state index in [0.29, 0.717) is 39.4 Å². The first-order valence-electron chi connectivity index (χ1n) is 15.6. The molecule has 3 heterocycles. The molecule has 12 heteroatoms. The van der Waals surface area contributed by atoms with Crippen LogP contribution in [0, 0.1) is 17.1 Å². The third-order valence-electron chi connectivity index (χ3n) is 8.94. The lowest BCUT2D eigenvalue weighted by Gasteiger charge is -2.40. The number of nitrogens with one attached hydrogen (secondary N) is 1. The summed E-state index contributed by atoms with van der Waals surface area (Å²) in [6.45, 7) is 8.60. The molecule has 0 unspecified atom stereocenters. The van der Waals surface area contributed by atoms with Gasteiger partial charge in [-0.25, -0.2) is 13.9 Å². The number of nitriles is 1. The Kier molecular flexibility index (Phi) is 9.39. The fourth-order valence-corrected chi connectivity index (χ4v) is 6.79. The van der Waals surface area contributed by atoms with Crippen LogP contribution in [0.5, 0.6) is 0 Å². The Balaban J connectivity index is 1.39. The summed E-state index contributed by atoms with van der Waals surface area (Å²) in [4.78, 5) is 18.9. The molecular formula is C36H34Cl2FN7O2. The molecule has 3 aromatic carbocycles. The van der Waals surface area contributed by atoms with E-state index in [0.717, 1.165) is 37.1 Å². The van der Waals surface area contributed by atoms with Crippen LogP contribution in [-0.2, 0) is 6.42 Å². The molecule has 0 spiro atoms. The van der Waals surface area contributed by atoms with Gasteiger partial charge in [-0.3, -0.25) is 9.88 Å². The molecule has 48 heavy (non-hydrogen) atoms. The summed E-state index contributed by atoms with van der Waals surface area (Å²) >= 11 is 12.8.